The molecule has 0 bridgehead atoms. The van der Waals surface area contributed by atoms with Crippen LogP contribution < -0.4 is 5.32 Å². The molecular formula is C8H9ClFN3. The maximum Gasteiger partial charge on any atom is 0.222 e. The Bertz CT molecular complexity index is 312. The molecule has 5 heteroatoms. The van der Waals surface area contributed by atoms with Gasteiger partial charge in [0, 0.05) is 0 Å². The number of nitrogens with one attached hydrogen (secondary N) is 1. The normalized spacial score (nSPS) is 22.2. The van der Waals surface area contributed by atoms with E-state index in [-0.39, 0.29) is 17.1 Å². The second kappa shape index (κ2) is 3.55. The average molecular weight is 202 g/mol. The Balaban J connectivity index is 2.32. The predicted octanol–water partition coefficient (Wildman–Crippen LogP) is 1.69. The summed E-state index contributed by atoms with van der Waals surface area (Å²) in [4.78, 5) is 7.43. The zero-order valence-electron chi connectivity index (χ0n) is 6.93. The van der Waals surface area contributed by atoms with E-state index in [1.807, 2.05) is 0 Å². The van der Waals surface area contributed by atoms with Gasteiger partial charge in [-0.25, -0.2) is 14.4 Å². The minimum atomic E-state index is -0.385. The molecule has 1 aliphatic rings. The van der Waals surface area contributed by atoms with Crippen molar-refractivity contribution >= 4 is 11.6 Å². The van der Waals surface area contributed by atoms with Gasteiger partial charge in [0.1, 0.15) is 0 Å². The lowest BCUT2D eigenvalue weighted by Crippen LogP contribution is -2.16. The summed E-state index contributed by atoms with van der Waals surface area (Å²) in [6.07, 6.45) is 3.07. The van der Waals surface area contributed by atoms with Crippen LogP contribution in [0.1, 0.15) is 24.6 Å². The first-order valence-corrected chi connectivity index (χ1v) is 4.56. The van der Waals surface area contributed by atoms with Gasteiger partial charge in [-0.3, -0.25) is 0 Å². The van der Waals surface area contributed by atoms with Gasteiger partial charge in [-0.1, -0.05) is 0 Å². The molecule has 1 fully saturated rings. The summed E-state index contributed by atoms with van der Waals surface area (Å²) in [6.45, 7) is 0.908. The predicted molar refractivity (Wildman–Crippen MR) is 47.0 cm³/mol. The average Bonchev–Trinajstić information content (AvgIpc) is 2.61. The Morgan fingerprint density at radius 1 is 1.62 bits per heavy atom. The molecule has 2 rings (SSSR count). The third kappa shape index (κ3) is 1.78. The maximum atomic E-state index is 13.2. The molecule has 70 valence electrons. The van der Waals surface area contributed by atoms with E-state index in [1.165, 1.54) is 0 Å². The second-order valence-corrected chi connectivity index (χ2v) is 3.36. The third-order valence-corrected chi connectivity index (χ3v) is 2.31. The highest BCUT2D eigenvalue weighted by Gasteiger charge is 2.21. The maximum absolute atomic E-state index is 13.2. The van der Waals surface area contributed by atoms with E-state index in [2.05, 4.69) is 15.3 Å². The van der Waals surface area contributed by atoms with Gasteiger partial charge in [-0.15, -0.1) is 0 Å². The number of nitrogens with zero attached hydrogens (tertiary/aromatic N) is 2. The largest absolute Gasteiger partial charge is 0.309 e. The highest BCUT2D eigenvalue weighted by molar-refractivity contribution is 6.28. The summed E-state index contributed by atoms with van der Waals surface area (Å²) in [5.41, 5.74) is 0.387. The van der Waals surface area contributed by atoms with Crippen LogP contribution >= 0.6 is 11.6 Å². The first-order chi connectivity index (χ1) is 6.27. The molecule has 3 nitrogen and oxygen atoms in total. The summed E-state index contributed by atoms with van der Waals surface area (Å²) >= 11 is 5.58. The molecule has 0 spiro atoms. The van der Waals surface area contributed by atoms with Gasteiger partial charge >= 0.3 is 0 Å². The summed E-state index contributed by atoms with van der Waals surface area (Å²) in [5.74, 6) is -0.385. The Morgan fingerprint density at radius 3 is 3.15 bits per heavy atom. The van der Waals surface area contributed by atoms with Crippen molar-refractivity contribution < 1.29 is 4.39 Å². The Morgan fingerprint density at radius 2 is 2.46 bits per heavy atom. The third-order valence-electron chi connectivity index (χ3n) is 2.13. The van der Waals surface area contributed by atoms with E-state index < -0.39 is 0 Å². The molecule has 1 atom stereocenters. The van der Waals surface area contributed by atoms with E-state index in [1.54, 1.807) is 0 Å². The number of halogens is 2. The standard InChI is InChI=1S/C8H9ClFN3/c9-8-12-4-5(10)7(13-8)6-2-1-3-11-6/h4,6,11H,1-3H2/t6-/m0/s1. The number of rotatable bonds is 1. The summed E-state index contributed by atoms with van der Waals surface area (Å²) < 4.78 is 13.2. The van der Waals surface area contributed by atoms with Crippen LogP contribution in [0.15, 0.2) is 6.20 Å². The van der Waals surface area contributed by atoms with Crippen molar-refractivity contribution in [2.75, 3.05) is 6.54 Å². The van der Waals surface area contributed by atoms with Gasteiger partial charge in [-0.05, 0) is 31.0 Å². The van der Waals surface area contributed by atoms with E-state index in [0.717, 1.165) is 25.6 Å². The van der Waals surface area contributed by atoms with Gasteiger partial charge in [-0.2, -0.15) is 0 Å². The first kappa shape index (κ1) is 8.84. The highest BCUT2D eigenvalue weighted by atomic mass is 35.5. The molecule has 13 heavy (non-hydrogen) atoms. The van der Waals surface area contributed by atoms with Crippen molar-refractivity contribution in [2.24, 2.45) is 0 Å². The van der Waals surface area contributed by atoms with Crippen molar-refractivity contribution in [3.05, 3.63) is 23.0 Å². The van der Waals surface area contributed by atoms with Crippen LogP contribution in [-0.2, 0) is 0 Å². The van der Waals surface area contributed by atoms with Crippen LogP contribution in [0.3, 0.4) is 0 Å². The smallest absolute Gasteiger partial charge is 0.222 e. The van der Waals surface area contributed by atoms with Crippen LogP contribution in [0.25, 0.3) is 0 Å². The van der Waals surface area contributed by atoms with Gasteiger partial charge in [0.2, 0.25) is 5.28 Å². The lowest BCUT2D eigenvalue weighted by molar-refractivity contribution is 0.535. The molecule has 1 N–H and O–H groups in total. The van der Waals surface area contributed by atoms with Gasteiger partial charge in [0.15, 0.2) is 5.82 Å². The molecule has 1 aromatic rings. The van der Waals surface area contributed by atoms with Gasteiger partial charge in [0.05, 0.1) is 17.9 Å². The fourth-order valence-electron chi connectivity index (χ4n) is 1.52. The topological polar surface area (TPSA) is 37.8 Å². The molecule has 0 saturated carbocycles. The molecule has 1 saturated heterocycles. The molecule has 0 radical (unpaired) electrons. The van der Waals surface area contributed by atoms with Gasteiger partial charge in [0.25, 0.3) is 0 Å². The second-order valence-electron chi connectivity index (χ2n) is 3.02. The zero-order chi connectivity index (χ0) is 9.26. The van der Waals surface area contributed by atoms with E-state index in [9.17, 15) is 4.39 Å². The summed E-state index contributed by atoms with van der Waals surface area (Å²) in [6, 6.07) is 0.000463. The summed E-state index contributed by atoms with van der Waals surface area (Å²) in [5, 5.41) is 3.25. The van der Waals surface area contributed by atoms with Crippen LogP contribution in [-0.4, -0.2) is 16.5 Å². The van der Waals surface area contributed by atoms with Crippen LogP contribution in [0.4, 0.5) is 4.39 Å². The zero-order valence-corrected chi connectivity index (χ0v) is 7.68. The van der Waals surface area contributed by atoms with Crippen LogP contribution in [0.2, 0.25) is 5.28 Å². The van der Waals surface area contributed by atoms with Crippen molar-refractivity contribution in [1.29, 1.82) is 0 Å². The molecule has 0 amide bonds. The monoisotopic (exact) mass is 201 g/mol. The number of hydrogen-bond acceptors (Lipinski definition) is 3. The van der Waals surface area contributed by atoms with Crippen LogP contribution in [0, 0.1) is 5.82 Å². The molecule has 0 unspecified atom stereocenters. The molecule has 1 aliphatic heterocycles. The fourth-order valence-corrected chi connectivity index (χ4v) is 1.66. The molecule has 0 aliphatic carbocycles. The lowest BCUT2D eigenvalue weighted by atomic mass is 10.1. The van der Waals surface area contributed by atoms with E-state index in [4.69, 9.17) is 11.6 Å². The molecular weight excluding hydrogens is 193 g/mol. The minimum absolute atomic E-state index is 0.000463. The Hall–Kier alpha value is -0.740. The van der Waals surface area contributed by atoms with Crippen molar-refractivity contribution in [2.45, 2.75) is 18.9 Å². The molecule has 2 heterocycles. The van der Waals surface area contributed by atoms with Gasteiger partial charge < -0.3 is 5.32 Å². The summed E-state index contributed by atoms with van der Waals surface area (Å²) in [7, 11) is 0. The number of hydrogen-bond donors (Lipinski definition) is 1. The molecule has 0 aromatic carbocycles. The van der Waals surface area contributed by atoms with Crippen molar-refractivity contribution in [1.82, 2.24) is 15.3 Å². The quantitative estimate of drug-likeness (QED) is 0.703. The van der Waals surface area contributed by atoms with E-state index in [0.29, 0.717) is 5.69 Å². The van der Waals surface area contributed by atoms with Crippen LogP contribution in [0.5, 0.6) is 0 Å². The first-order valence-electron chi connectivity index (χ1n) is 4.18. The fraction of sp³-hybridized carbons (Fsp3) is 0.500. The highest BCUT2D eigenvalue weighted by Crippen LogP contribution is 2.23. The number of aromatic nitrogens is 2. The SMILES string of the molecule is Fc1cnc(Cl)nc1[C@@H]1CCCN1. The Labute approximate surface area is 80.3 Å². The molecule has 1 aromatic heterocycles. The lowest BCUT2D eigenvalue weighted by Gasteiger charge is -2.09. The minimum Gasteiger partial charge on any atom is -0.309 e. The van der Waals surface area contributed by atoms with Crippen molar-refractivity contribution in [3.63, 3.8) is 0 Å². The Kier molecular flexibility index (Phi) is 2.42. The van der Waals surface area contributed by atoms with E-state index >= 15 is 0 Å². The van der Waals surface area contributed by atoms with Crippen molar-refractivity contribution in [3.8, 4) is 0 Å².